The number of aliphatic hydroxyl groups excluding tert-OH is 1. The van der Waals surface area contributed by atoms with Crippen LogP contribution in [0.5, 0.6) is 5.75 Å². The number of fused-ring (bicyclic) bond motifs is 1. The fraction of sp³-hybridized carbons (Fsp3) is 0.444. The summed E-state index contributed by atoms with van der Waals surface area (Å²) < 4.78 is 8.16. The van der Waals surface area contributed by atoms with Crippen molar-refractivity contribution in [1.29, 1.82) is 0 Å². The molecule has 1 spiro atoms. The standard InChI is InChI=1S/C27H33N5O3/c1-18(33)29-22(13-19-7-4-3-5-8-19)25(34)16-28-23-15-27(11-6-12-27)35-26-10-9-20(14-21(23)26)24-17-32(2)31-30-24/h3-5,7-10,14,17,22-23,25,28,34H,6,11-13,15-16H2,1-2H3,(H,29,33)/t22-,23-,25+/m0/s1. The van der Waals surface area contributed by atoms with E-state index in [4.69, 9.17) is 4.74 Å². The zero-order chi connectivity index (χ0) is 24.4. The quantitative estimate of drug-likeness (QED) is 0.463. The summed E-state index contributed by atoms with van der Waals surface area (Å²) in [6.07, 6.45) is 5.82. The lowest BCUT2D eigenvalue weighted by molar-refractivity contribution is -0.120. The SMILES string of the molecule is CC(=O)N[C@@H](Cc1ccccc1)[C@H](O)CN[C@H]1CC2(CCC2)Oc2ccc(-c3cn(C)nn3)cc21. The highest BCUT2D eigenvalue weighted by molar-refractivity contribution is 5.73. The fourth-order valence-corrected chi connectivity index (χ4v) is 5.19. The molecule has 184 valence electrons. The van der Waals surface area contributed by atoms with Gasteiger partial charge in [-0.3, -0.25) is 9.48 Å². The van der Waals surface area contributed by atoms with Crippen molar-refractivity contribution >= 4 is 5.91 Å². The second-order valence-electron chi connectivity index (χ2n) is 9.90. The van der Waals surface area contributed by atoms with Gasteiger partial charge in [-0.2, -0.15) is 0 Å². The van der Waals surface area contributed by atoms with E-state index in [-0.39, 0.29) is 23.6 Å². The van der Waals surface area contributed by atoms with Gasteiger partial charge in [-0.1, -0.05) is 35.5 Å². The van der Waals surface area contributed by atoms with Gasteiger partial charge in [-0.05, 0) is 49.4 Å². The highest BCUT2D eigenvalue weighted by atomic mass is 16.5. The highest BCUT2D eigenvalue weighted by Gasteiger charge is 2.45. The molecule has 0 radical (unpaired) electrons. The highest BCUT2D eigenvalue weighted by Crippen LogP contribution is 2.49. The number of hydrogen-bond donors (Lipinski definition) is 3. The molecule has 8 heteroatoms. The Bertz CT molecular complexity index is 1170. The summed E-state index contributed by atoms with van der Waals surface area (Å²) in [5.74, 6) is 0.738. The number of nitrogens with one attached hydrogen (secondary N) is 2. The van der Waals surface area contributed by atoms with E-state index >= 15 is 0 Å². The molecule has 3 atom stereocenters. The Hall–Kier alpha value is -3.23. The van der Waals surface area contributed by atoms with Crippen molar-refractivity contribution in [2.24, 2.45) is 7.05 Å². The van der Waals surface area contributed by atoms with Gasteiger partial charge in [0.25, 0.3) is 0 Å². The van der Waals surface area contributed by atoms with E-state index in [0.29, 0.717) is 13.0 Å². The first-order valence-corrected chi connectivity index (χ1v) is 12.3. The van der Waals surface area contributed by atoms with Gasteiger partial charge in [-0.15, -0.1) is 5.10 Å². The Kier molecular flexibility index (Phi) is 6.58. The van der Waals surface area contributed by atoms with Gasteiger partial charge in [0.05, 0.1) is 18.3 Å². The van der Waals surface area contributed by atoms with Crippen LogP contribution in [0.3, 0.4) is 0 Å². The van der Waals surface area contributed by atoms with Gasteiger partial charge < -0.3 is 20.5 Å². The van der Waals surface area contributed by atoms with Gasteiger partial charge >= 0.3 is 0 Å². The molecule has 0 unspecified atom stereocenters. The number of amides is 1. The molecule has 2 heterocycles. The summed E-state index contributed by atoms with van der Waals surface area (Å²) in [6.45, 7) is 1.84. The van der Waals surface area contributed by atoms with Crippen LogP contribution in [-0.4, -0.2) is 50.3 Å². The predicted molar refractivity (Wildman–Crippen MR) is 133 cm³/mol. The van der Waals surface area contributed by atoms with Crippen LogP contribution in [-0.2, 0) is 18.3 Å². The van der Waals surface area contributed by atoms with Crippen LogP contribution < -0.4 is 15.4 Å². The molecule has 3 aromatic rings. The van der Waals surface area contributed by atoms with Crippen LogP contribution in [0.25, 0.3) is 11.3 Å². The molecule has 1 amide bonds. The average molecular weight is 476 g/mol. The third-order valence-corrected chi connectivity index (χ3v) is 7.18. The maximum absolute atomic E-state index is 11.9. The number of aromatic nitrogens is 3. The molecule has 2 aliphatic rings. The number of hydrogen-bond acceptors (Lipinski definition) is 6. The lowest BCUT2D eigenvalue weighted by atomic mass is 9.72. The summed E-state index contributed by atoms with van der Waals surface area (Å²) in [5.41, 5.74) is 3.80. The van der Waals surface area contributed by atoms with E-state index in [0.717, 1.165) is 47.4 Å². The average Bonchev–Trinajstić information content (AvgIpc) is 3.27. The van der Waals surface area contributed by atoms with Crippen LogP contribution in [0.15, 0.2) is 54.7 Å². The maximum Gasteiger partial charge on any atom is 0.217 e. The normalized spacial score (nSPS) is 19.8. The second-order valence-corrected chi connectivity index (χ2v) is 9.90. The van der Waals surface area contributed by atoms with Crippen molar-refractivity contribution in [1.82, 2.24) is 25.6 Å². The molecular formula is C27H33N5O3. The molecule has 1 aromatic heterocycles. The van der Waals surface area contributed by atoms with E-state index in [9.17, 15) is 9.90 Å². The first-order chi connectivity index (χ1) is 16.9. The van der Waals surface area contributed by atoms with Crippen molar-refractivity contribution in [3.8, 4) is 17.0 Å². The first-order valence-electron chi connectivity index (χ1n) is 12.3. The first kappa shape index (κ1) is 23.5. The smallest absolute Gasteiger partial charge is 0.217 e. The predicted octanol–water partition coefficient (Wildman–Crippen LogP) is 2.93. The number of rotatable bonds is 8. The number of ether oxygens (including phenoxy) is 1. The van der Waals surface area contributed by atoms with Crippen LogP contribution in [0, 0.1) is 0 Å². The van der Waals surface area contributed by atoms with Crippen LogP contribution in [0.1, 0.15) is 49.8 Å². The van der Waals surface area contributed by atoms with E-state index < -0.39 is 6.10 Å². The van der Waals surface area contributed by atoms with Crippen molar-refractivity contribution in [2.45, 2.75) is 62.8 Å². The van der Waals surface area contributed by atoms with Gasteiger partial charge in [-0.25, -0.2) is 0 Å². The van der Waals surface area contributed by atoms with E-state index in [1.807, 2.05) is 55.7 Å². The van der Waals surface area contributed by atoms with Crippen LogP contribution in [0.2, 0.25) is 0 Å². The third-order valence-electron chi connectivity index (χ3n) is 7.18. The van der Waals surface area contributed by atoms with Crippen LogP contribution >= 0.6 is 0 Å². The number of carbonyl (C=O) groups excluding carboxylic acids is 1. The number of benzene rings is 2. The molecule has 1 fully saturated rings. The van der Waals surface area contributed by atoms with Gasteiger partial charge in [0.15, 0.2) is 0 Å². The molecule has 0 bridgehead atoms. The lowest BCUT2D eigenvalue weighted by Crippen LogP contribution is -2.52. The Morgan fingerprint density at radius 1 is 1.26 bits per heavy atom. The van der Waals surface area contributed by atoms with E-state index in [1.54, 1.807) is 4.68 Å². The fourth-order valence-electron chi connectivity index (χ4n) is 5.19. The molecular weight excluding hydrogens is 442 g/mol. The van der Waals surface area contributed by atoms with Gasteiger partial charge in [0.1, 0.15) is 17.0 Å². The van der Waals surface area contributed by atoms with Crippen molar-refractivity contribution < 1.29 is 14.6 Å². The molecule has 8 nitrogen and oxygen atoms in total. The largest absolute Gasteiger partial charge is 0.487 e. The summed E-state index contributed by atoms with van der Waals surface area (Å²) in [5, 5.41) is 26.0. The molecule has 1 aliphatic heterocycles. The molecule has 35 heavy (non-hydrogen) atoms. The number of carbonyl (C=O) groups is 1. The second kappa shape index (κ2) is 9.79. The minimum absolute atomic E-state index is 0.0278. The molecule has 0 saturated heterocycles. The summed E-state index contributed by atoms with van der Waals surface area (Å²) >= 11 is 0. The minimum Gasteiger partial charge on any atom is -0.487 e. The number of aliphatic hydroxyl groups is 1. The van der Waals surface area contributed by atoms with Crippen molar-refractivity contribution in [2.75, 3.05) is 6.54 Å². The zero-order valence-corrected chi connectivity index (χ0v) is 20.3. The zero-order valence-electron chi connectivity index (χ0n) is 20.3. The Balaban J connectivity index is 1.35. The summed E-state index contributed by atoms with van der Waals surface area (Å²) in [6, 6.07) is 15.7. The molecule has 2 aromatic carbocycles. The molecule has 1 aliphatic carbocycles. The minimum atomic E-state index is -0.745. The Morgan fingerprint density at radius 3 is 2.71 bits per heavy atom. The van der Waals surface area contributed by atoms with Gasteiger partial charge in [0, 0.05) is 44.1 Å². The van der Waals surface area contributed by atoms with Crippen molar-refractivity contribution in [3.63, 3.8) is 0 Å². The Morgan fingerprint density at radius 2 is 2.06 bits per heavy atom. The summed E-state index contributed by atoms with van der Waals surface area (Å²) in [7, 11) is 1.85. The third kappa shape index (κ3) is 5.23. The summed E-state index contributed by atoms with van der Waals surface area (Å²) in [4.78, 5) is 11.9. The van der Waals surface area contributed by atoms with E-state index in [1.165, 1.54) is 13.3 Å². The number of aryl methyl sites for hydroxylation is 1. The molecule has 1 saturated carbocycles. The topological polar surface area (TPSA) is 101 Å². The molecule has 3 N–H and O–H groups in total. The van der Waals surface area contributed by atoms with Crippen LogP contribution in [0.4, 0.5) is 0 Å². The Labute approximate surface area is 205 Å². The van der Waals surface area contributed by atoms with E-state index in [2.05, 4.69) is 27.0 Å². The lowest BCUT2D eigenvalue weighted by Gasteiger charge is -2.48. The maximum atomic E-state index is 11.9. The monoisotopic (exact) mass is 475 g/mol. The molecule has 5 rings (SSSR count). The van der Waals surface area contributed by atoms with Gasteiger partial charge in [0.2, 0.25) is 5.91 Å². The van der Waals surface area contributed by atoms with Crippen molar-refractivity contribution in [3.05, 3.63) is 65.9 Å². The number of nitrogens with zero attached hydrogens (tertiary/aromatic N) is 3.